The number of fused-ring (bicyclic) bond motifs is 2. The molecule has 0 radical (unpaired) electrons. The molecule has 0 fully saturated rings. The Morgan fingerprint density at radius 3 is 2.96 bits per heavy atom. The van der Waals surface area contributed by atoms with Gasteiger partial charge in [0.15, 0.2) is 16.6 Å². The molecule has 6 nitrogen and oxygen atoms in total. The summed E-state index contributed by atoms with van der Waals surface area (Å²) in [4.78, 5) is 18.0. The van der Waals surface area contributed by atoms with E-state index in [4.69, 9.17) is 14.2 Å². The molecule has 0 atom stereocenters. The smallest absolute Gasteiger partial charge is 0.250 e. The molecule has 1 aliphatic carbocycles. The van der Waals surface area contributed by atoms with Gasteiger partial charge in [-0.25, -0.2) is 4.98 Å². The lowest BCUT2D eigenvalue weighted by molar-refractivity contribution is -0.111. The number of methoxy groups -OCH3 is 1. The average Bonchev–Trinajstić information content (AvgIpc) is 3.07. The van der Waals surface area contributed by atoms with Gasteiger partial charge in [-0.1, -0.05) is 0 Å². The number of rotatable bonds is 4. The number of thiazole rings is 1. The van der Waals surface area contributed by atoms with Gasteiger partial charge in [-0.15, -0.1) is 11.3 Å². The van der Waals surface area contributed by atoms with Crippen LogP contribution in [0.2, 0.25) is 0 Å². The van der Waals surface area contributed by atoms with Crippen molar-refractivity contribution in [3.63, 3.8) is 0 Å². The highest BCUT2D eigenvalue weighted by Gasteiger charge is 2.18. The Kier molecular flexibility index (Phi) is 4.79. The minimum absolute atomic E-state index is 0.204. The van der Waals surface area contributed by atoms with Crippen LogP contribution in [0.25, 0.3) is 6.08 Å². The van der Waals surface area contributed by atoms with Gasteiger partial charge in [-0.05, 0) is 49.5 Å². The minimum atomic E-state index is -0.204. The number of hydrogen-bond acceptors (Lipinski definition) is 6. The zero-order valence-corrected chi connectivity index (χ0v) is 15.4. The largest absolute Gasteiger partial charge is 0.493 e. The van der Waals surface area contributed by atoms with Crippen molar-refractivity contribution in [2.75, 3.05) is 25.6 Å². The number of aryl methyl sites for hydroxylation is 2. The monoisotopic (exact) mass is 372 g/mol. The highest BCUT2D eigenvalue weighted by atomic mass is 32.1. The number of nitrogens with zero attached hydrogens (tertiary/aromatic N) is 1. The lowest BCUT2D eigenvalue weighted by Crippen LogP contribution is -2.16. The zero-order chi connectivity index (χ0) is 17.9. The number of aromatic nitrogens is 1. The van der Waals surface area contributed by atoms with Gasteiger partial charge in [0.1, 0.15) is 13.2 Å². The minimum Gasteiger partial charge on any atom is -0.493 e. The highest BCUT2D eigenvalue weighted by Crippen LogP contribution is 2.40. The summed E-state index contributed by atoms with van der Waals surface area (Å²) in [5, 5.41) is 3.53. The van der Waals surface area contributed by atoms with E-state index in [1.807, 2.05) is 12.1 Å². The first kappa shape index (κ1) is 16.9. The molecule has 2 aromatic rings. The maximum atomic E-state index is 12.2. The van der Waals surface area contributed by atoms with E-state index in [1.165, 1.54) is 23.8 Å². The van der Waals surface area contributed by atoms with E-state index in [0.29, 0.717) is 35.6 Å². The number of carbonyl (C=O) groups excluding carboxylic acids is 1. The number of carbonyl (C=O) groups is 1. The second-order valence-electron chi connectivity index (χ2n) is 6.17. The Balaban J connectivity index is 1.47. The first-order valence-corrected chi connectivity index (χ1v) is 9.50. The lowest BCUT2D eigenvalue weighted by atomic mass is 10.0. The van der Waals surface area contributed by atoms with Crippen molar-refractivity contribution in [1.29, 1.82) is 0 Å². The molecule has 0 saturated carbocycles. The second kappa shape index (κ2) is 7.37. The number of anilines is 1. The Bertz CT molecular complexity index is 819. The normalized spacial score (nSPS) is 15.6. The first-order chi connectivity index (χ1) is 12.7. The summed E-state index contributed by atoms with van der Waals surface area (Å²) >= 11 is 1.58. The van der Waals surface area contributed by atoms with Gasteiger partial charge in [-0.3, -0.25) is 10.1 Å². The Morgan fingerprint density at radius 2 is 2.12 bits per heavy atom. The van der Waals surface area contributed by atoms with Crippen LogP contribution in [-0.2, 0) is 17.6 Å². The van der Waals surface area contributed by atoms with Crippen molar-refractivity contribution in [2.24, 2.45) is 0 Å². The molecular formula is C19H20N2O4S. The van der Waals surface area contributed by atoms with Crippen LogP contribution in [0.4, 0.5) is 5.13 Å². The maximum Gasteiger partial charge on any atom is 0.250 e. The molecule has 1 aromatic heterocycles. The van der Waals surface area contributed by atoms with Crippen molar-refractivity contribution in [3.05, 3.63) is 34.3 Å². The fraction of sp³-hybridized carbons (Fsp3) is 0.368. The summed E-state index contributed by atoms with van der Waals surface area (Å²) in [6.45, 7) is 0.997. The number of ether oxygens (including phenoxy) is 3. The van der Waals surface area contributed by atoms with E-state index in [1.54, 1.807) is 24.5 Å². The van der Waals surface area contributed by atoms with E-state index in [9.17, 15) is 4.79 Å². The van der Waals surface area contributed by atoms with Gasteiger partial charge in [0.05, 0.1) is 12.8 Å². The van der Waals surface area contributed by atoms with Crippen molar-refractivity contribution in [1.82, 2.24) is 4.98 Å². The third kappa shape index (κ3) is 3.53. The predicted octanol–water partition coefficient (Wildman–Crippen LogP) is 3.45. The summed E-state index contributed by atoms with van der Waals surface area (Å²) < 4.78 is 16.5. The van der Waals surface area contributed by atoms with Gasteiger partial charge in [0, 0.05) is 11.0 Å². The molecule has 0 saturated heterocycles. The molecular weight excluding hydrogens is 352 g/mol. The quantitative estimate of drug-likeness (QED) is 0.833. The zero-order valence-electron chi connectivity index (χ0n) is 14.5. The van der Waals surface area contributed by atoms with Crippen LogP contribution in [0.3, 0.4) is 0 Å². The van der Waals surface area contributed by atoms with Crippen molar-refractivity contribution < 1.29 is 19.0 Å². The van der Waals surface area contributed by atoms with E-state index >= 15 is 0 Å². The molecule has 2 aliphatic rings. The fourth-order valence-electron chi connectivity index (χ4n) is 3.11. The second-order valence-corrected chi connectivity index (χ2v) is 7.25. The number of benzene rings is 1. The molecule has 4 rings (SSSR count). The summed E-state index contributed by atoms with van der Waals surface area (Å²) in [7, 11) is 1.58. The SMILES string of the molecule is COc1cc(/C=C/C(=O)Nc2nc3c(s2)CCCC3)cc2c1OCCO2. The predicted molar refractivity (Wildman–Crippen MR) is 100 cm³/mol. The van der Waals surface area contributed by atoms with Crippen LogP contribution in [-0.4, -0.2) is 31.2 Å². The van der Waals surface area contributed by atoms with Crippen molar-refractivity contribution in [3.8, 4) is 17.2 Å². The van der Waals surface area contributed by atoms with Crippen molar-refractivity contribution in [2.45, 2.75) is 25.7 Å². The van der Waals surface area contributed by atoms with Gasteiger partial charge < -0.3 is 14.2 Å². The summed E-state index contributed by atoms with van der Waals surface area (Å²) in [5.74, 6) is 1.62. The molecule has 1 amide bonds. The Hall–Kier alpha value is -2.54. The van der Waals surface area contributed by atoms with E-state index in [0.717, 1.165) is 24.1 Å². The van der Waals surface area contributed by atoms with Crippen LogP contribution in [0.5, 0.6) is 17.2 Å². The molecule has 1 aromatic carbocycles. The van der Waals surface area contributed by atoms with Crippen LogP contribution >= 0.6 is 11.3 Å². The third-order valence-electron chi connectivity index (χ3n) is 4.35. The van der Waals surface area contributed by atoms with Gasteiger partial charge in [0.2, 0.25) is 11.7 Å². The van der Waals surface area contributed by atoms with Crippen molar-refractivity contribution >= 4 is 28.5 Å². The molecule has 0 unspecified atom stereocenters. The number of hydrogen-bond donors (Lipinski definition) is 1. The molecule has 26 heavy (non-hydrogen) atoms. The third-order valence-corrected chi connectivity index (χ3v) is 5.43. The van der Waals surface area contributed by atoms with Gasteiger partial charge in [-0.2, -0.15) is 0 Å². The van der Waals surface area contributed by atoms with E-state index in [-0.39, 0.29) is 5.91 Å². The molecule has 0 spiro atoms. The molecule has 1 aliphatic heterocycles. The first-order valence-electron chi connectivity index (χ1n) is 8.68. The summed E-state index contributed by atoms with van der Waals surface area (Å²) in [5.41, 5.74) is 1.94. The van der Waals surface area contributed by atoms with Crippen LogP contribution in [0.1, 0.15) is 29.0 Å². The lowest BCUT2D eigenvalue weighted by Gasteiger charge is -2.20. The maximum absolute atomic E-state index is 12.2. The standard InChI is InChI=1S/C19H20N2O4S/c1-23-14-10-12(11-15-18(14)25-9-8-24-15)6-7-17(22)21-19-20-13-4-2-3-5-16(13)26-19/h6-7,10-11H,2-5,8-9H2,1H3,(H,20,21,22)/b7-6+. The Labute approximate surface area is 155 Å². The molecule has 136 valence electrons. The molecule has 0 bridgehead atoms. The van der Waals surface area contributed by atoms with E-state index in [2.05, 4.69) is 10.3 Å². The van der Waals surface area contributed by atoms with Gasteiger partial charge >= 0.3 is 0 Å². The highest BCUT2D eigenvalue weighted by molar-refractivity contribution is 7.15. The average molecular weight is 372 g/mol. The van der Waals surface area contributed by atoms with Crippen LogP contribution in [0.15, 0.2) is 18.2 Å². The molecule has 2 heterocycles. The summed E-state index contributed by atoms with van der Waals surface area (Å²) in [6, 6.07) is 3.66. The number of amides is 1. The topological polar surface area (TPSA) is 69.7 Å². The molecule has 1 N–H and O–H groups in total. The fourth-order valence-corrected chi connectivity index (χ4v) is 4.17. The Morgan fingerprint density at radius 1 is 1.27 bits per heavy atom. The number of nitrogens with one attached hydrogen (secondary N) is 1. The van der Waals surface area contributed by atoms with Crippen LogP contribution < -0.4 is 19.5 Å². The van der Waals surface area contributed by atoms with Crippen LogP contribution in [0, 0.1) is 0 Å². The molecule has 7 heteroatoms. The summed E-state index contributed by atoms with van der Waals surface area (Å²) in [6.07, 6.45) is 7.67. The van der Waals surface area contributed by atoms with E-state index < -0.39 is 0 Å². The van der Waals surface area contributed by atoms with Gasteiger partial charge in [0.25, 0.3) is 0 Å².